The number of carbonyl (C=O) groups excluding carboxylic acids is 1. The Bertz CT molecular complexity index is 783. The van der Waals surface area contributed by atoms with Crippen LogP contribution in [0.3, 0.4) is 0 Å². The third-order valence-corrected chi connectivity index (χ3v) is 4.26. The number of nitrogens with one attached hydrogen (secondary N) is 1. The Kier molecular flexibility index (Phi) is 5.03. The van der Waals surface area contributed by atoms with E-state index in [9.17, 15) is 18.0 Å². The molecule has 1 atom stereocenters. The van der Waals surface area contributed by atoms with Crippen molar-refractivity contribution in [2.45, 2.75) is 32.5 Å². The van der Waals surface area contributed by atoms with Gasteiger partial charge < -0.3 is 14.4 Å². The number of carbonyl (C=O) groups is 1. The van der Waals surface area contributed by atoms with E-state index in [0.29, 0.717) is 36.9 Å². The van der Waals surface area contributed by atoms with Crippen molar-refractivity contribution in [1.29, 1.82) is 0 Å². The lowest BCUT2D eigenvalue weighted by Gasteiger charge is -2.27. The molecule has 0 spiro atoms. The predicted molar refractivity (Wildman–Crippen MR) is 86.4 cm³/mol. The maximum Gasteiger partial charge on any atom is 0.434 e. The highest BCUT2D eigenvalue weighted by atomic mass is 19.4. The molecule has 26 heavy (non-hydrogen) atoms. The fraction of sp³-hybridized carbons (Fsp3) is 0.562. The van der Waals surface area contributed by atoms with Gasteiger partial charge in [0.2, 0.25) is 5.91 Å². The van der Waals surface area contributed by atoms with Crippen LogP contribution in [-0.4, -0.2) is 45.7 Å². The summed E-state index contributed by atoms with van der Waals surface area (Å²) in [7, 11) is 1.80. The van der Waals surface area contributed by atoms with Gasteiger partial charge in [-0.2, -0.15) is 13.2 Å². The van der Waals surface area contributed by atoms with Crippen LogP contribution in [0.1, 0.15) is 23.7 Å². The van der Waals surface area contributed by atoms with Crippen LogP contribution in [0.4, 0.5) is 19.0 Å². The first-order valence-electron chi connectivity index (χ1n) is 8.25. The highest BCUT2D eigenvalue weighted by Gasteiger charge is 2.35. The molecule has 0 bridgehead atoms. The summed E-state index contributed by atoms with van der Waals surface area (Å²) in [6.45, 7) is 2.95. The Hall–Kier alpha value is -2.36. The molecule has 10 heteroatoms. The number of hydrogen-bond acceptors (Lipinski definition) is 5. The summed E-state index contributed by atoms with van der Waals surface area (Å²) in [5, 5.41) is 6.34. The van der Waals surface area contributed by atoms with Gasteiger partial charge in [-0.15, -0.1) is 0 Å². The number of rotatable bonds is 5. The van der Waals surface area contributed by atoms with E-state index in [4.69, 9.17) is 4.52 Å². The average Bonchev–Trinajstić information content (AvgIpc) is 3.12. The molecule has 2 aromatic heterocycles. The van der Waals surface area contributed by atoms with Crippen LogP contribution in [0, 0.1) is 12.8 Å². The molecule has 0 aromatic carbocycles. The molecule has 1 amide bonds. The lowest BCUT2D eigenvalue weighted by molar-refractivity contribution is -0.141. The number of aryl methyl sites for hydroxylation is 2. The van der Waals surface area contributed by atoms with Gasteiger partial charge in [-0.05, 0) is 26.3 Å². The van der Waals surface area contributed by atoms with Gasteiger partial charge in [0.25, 0.3) is 0 Å². The second kappa shape index (κ2) is 7.10. The van der Waals surface area contributed by atoms with Gasteiger partial charge in [0.05, 0.1) is 6.54 Å². The predicted octanol–water partition coefficient (Wildman–Crippen LogP) is 2.33. The fourth-order valence-electron chi connectivity index (χ4n) is 3.16. The minimum Gasteiger partial charge on any atom is -0.360 e. The maximum absolute atomic E-state index is 12.8. The van der Waals surface area contributed by atoms with E-state index < -0.39 is 11.9 Å². The second-order valence-electron chi connectivity index (χ2n) is 6.66. The topological polar surface area (TPSA) is 76.2 Å². The first-order valence-corrected chi connectivity index (χ1v) is 8.25. The Balaban J connectivity index is 1.51. The third kappa shape index (κ3) is 4.43. The van der Waals surface area contributed by atoms with E-state index in [1.165, 1.54) is 0 Å². The standard InChI is InChI=1S/C16H20F3N5O2/c1-10-5-13(22-26-10)21-15(25)9-23(2)6-11-3-4-14-20-12(16(17,18)19)8-24(14)7-11/h5,8,11H,3-4,6-7,9H2,1-2H3,(H,21,22,25)/t11-/m1/s1. The summed E-state index contributed by atoms with van der Waals surface area (Å²) in [4.78, 5) is 17.5. The van der Waals surface area contributed by atoms with Crippen molar-refractivity contribution in [2.24, 2.45) is 5.92 Å². The van der Waals surface area contributed by atoms with Gasteiger partial charge in [0.1, 0.15) is 11.6 Å². The van der Waals surface area contributed by atoms with Crippen LogP contribution in [0.2, 0.25) is 0 Å². The number of fused-ring (bicyclic) bond motifs is 1. The molecule has 0 saturated carbocycles. The second-order valence-corrected chi connectivity index (χ2v) is 6.66. The quantitative estimate of drug-likeness (QED) is 0.873. The number of nitrogens with zero attached hydrogens (tertiary/aromatic N) is 4. The number of alkyl halides is 3. The Morgan fingerprint density at radius 2 is 2.27 bits per heavy atom. The van der Waals surface area contributed by atoms with E-state index in [1.54, 1.807) is 24.6 Å². The van der Waals surface area contributed by atoms with Gasteiger partial charge in [0.15, 0.2) is 11.5 Å². The lowest BCUT2D eigenvalue weighted by atomic mass is 9.99. The molecular formula is C16H20F3N5O2. The zero-order chi connectivity index (χ0) is 18.9. The zero-order valence-corrected chi connectivity index (χ0v) is 14.5. The SMILES string of the molecule is Cc1cc(NC(=O)CN(C)C[C@H]2CCc3nc(C(F)(F)F)cn3C2)no1. The molecule has 0 saturated heterocycles. The largest absolute Gasteiger partial charge is 0.434 e. The van der Waals surface area contributed by atoms with Crippen LogP contribution in [-0.2, 0) is 23.9 Å². The molecule has 0 fully saturated rings. The molecule has 1 aliphatic rings. The van der Waals surface area contributed by atoms with Crippen molar-refractivity contribution in [3.05, 3.63) is 29.5 Å². The van der Waals surface area contributed by atoms with Crippen molar-refractivity contribution in [3.8, 4) is 0 Å². The number of anilines is 1. The molecule has 0 aliphatic carbocycles. The van der Waals surface area contributed by atoms with Crippen LogP contribution >= 0.6 is 0 Å². The Labute approximate surface area is 148 Å². The molecule has 0 unspecified atom stereocenters. The highest BCUT2D eigenvalue weighted by Crippen LogP contribution is 2.30. The lowest BCUT2D eigenvalue weighted by Crippen LogP contribution is -2.36. The fourth-order valence-corrected chi connectivity index (χ4v) is 3.16. The first-order chi connectivity index (χ1) is 12.2. The van der Waals surface area contributed by atoms with Gasteiger partial charge in [-0.25, -0.2) is 4.98 Å². The molecular weight excluding hydrogens is 351 g/mol. The highest BCUT2D eigenvalue weighted by molar-refractivity contribution is 5.91. The molecule has 3 rings (SSSR count). The van der Waals surface area contributed by atoms with Gasteiger partial charge in [-0.1, -0.05) is 5.16 Å². The minimum absolute atomic E-state index is 0.157. The number of hydrogen-bond donors (Lipinski definition) is 1. The summed E-state index contributed by atoms with van der Waals surface area (Å²) in [5.41, 5.74) is -0.844. The van der Waals surface area contributed by atoms with Crippen molar-refractivity contribution in [3.63, 3.8) is 0 Å². The normalized spacial score (nSPS) is 17.4. The third-order valence-electron chi connectivity index (χ3n) is 4.26. The van der Waals surface area contributed by atoms with Crippen LogP contribution in [0.25, 0.3) is 0 Å². The molecule has 1 aliphatic heterocycles. The van der Waals surface area contributed by atoms with Crippen LogP contribution in [0.5, 0.6) is 0 Å². The Morgan fingerprint density at radius 1 is 1.50 bits per heavy atom. The van der Waals surface area contributed by atoms with Gasteiger partial charge in [0, 0.05) is 31.8 Å². The summed E-state index contributed by atoms with van der Waals surface area (Å²) >= 11 is 0. The summed E-state index contributed by atoms with van der Waals surface area (Å²) in [6.07, 6.45) is -2.11. The van der Waals surface area contributed by atoms with Crippen molar-refractivity contribution >= 4 is 11.7 Å². The average molecular weight is 371 g/mol. The van der Waals surface area contributed by atoms with E-state index in [1.807, 2.05) is 4.90 Å². The van der Waals surface area contributed by atoms with Gasteiger partial charge >= 0.3 is 6.18 Å². The number of aromatic nitrogens is 3. The number of imidazole rings is 1. The van der Waals surface area contributed by atoms with Gasteiger partial charge in [-0.3, -0.25) is 9.69 Å². The summed E-state index contributed by atoms with van der Waals surface area (Å²) in [6, 6.07) is 1.62. The minimum atomic E-state index is -4.42. The molecule has 1 N–H and O–H groups in total. The molecule has 142 valence electrons. The van der Waals surface area contributed by atoms with Crippen LogP contribution < -0.4 is 5.32 Å². The molecule has 0 radical (unpaired) electrons. The summed E-state index contributed by atoms with van der Waals surface area (Å²) in [5.74, 6) is 1.37. The van der Waals surface area contributed by atoms with E-state index in [0.717, 1.165) is 12.6 Å². The Morgan fingerprint density at radius 3 is 2.92 bits per heavy atom. The zero-order valence-electron chi connectivity index (χ0n) is 14.5. The summed E-state index contributed by atoms with van der Waals surface area (Å²) < 4.78 is 44.8. The number of halogens is 3. The van der Waals surface area contributed by atoms with E-state index in [2.05, 4.69) is 15.5 Å². The van der Waals surface area contributed by atoms with Crippen molar-refractivity contribution in [2.75, 3.05) is 25.5 Å². The molecule has 2 aromatic rings. The van der Waals surface area contributed by atoms with Crippen LogP contribution in [0.15, 0.2) is 16.8 Å². The first kappa shape index (κ1) is 18.4. The maximum atomic E-state index is 12.8. The van der Waals surface area contributed by atoms with E-state index >= 15 is 0 Å². The molecule has 7 nitrogen and oxygen atoms in total. The van der Waals surface area contributed by atoms with Crippen molar-refractivity contribution < 1.29 is 22.5 Å². The smallest absolute Gasteiger partial charge is 0.360 e. The van der Waals surface area contributed by atoms with E-state index in [-0.39, 0.29) is 18.4 Å². The number of likely N-dealkylation sites (N-methyl/N-ethyl adjacent to an activating group) is 1. The van der Waals surface area contributed by atoms with Crippen molar-refractivity contribution in [1.82, 2.24) is 19.6 Å². The number of amides is 1. The molecule has 3 heterocycles. The monoisotopic (exact) mass is 371 g/mol.